The average Bonchev–Trinajstić information content (AvgIpc) is 2.38. The molecule has 0 radical (unpaired) electrons. The predicted molar refractivity (Wildman–Crippen MR) is 76.1 cm³/mol. The molecule has 0 heterocycles. The summed E-state index contributed by atoms with van der Waals surface area (Å²) in [5.74, 6) is -0.414. The van der Waals surface area contributed by atoms with Gasteiger partial charge < -0.3 is 5.73 Å². The van der Waals surface area contributed by atoms with Gasteiger partial charge in [-0.3, -0.25) is 4.79 Å². The Labute approximate surface area is 117 Å². The number of carbonyl (C=O) groups is 1. The monoisotopic (exact) mass is 290 g/mol. The van der Waals surface area contributed by atoms with Crippen molar-refractivity contribution in [1.29, 1.82) is 0 Å². The van der Waals surface area contributed by atoms with Gasteiger partial charge in [-0.2, -0.15) is 0 Å². The zero-order valence-corrected chi connectivity index (χ0v) is 11.4. The molecule has 0 unspecified atom stereocenters. The number of benzene rings is 2. The van der Waals surface area contributed by atoms with Crippen molar-refractivity contribution in [3.63, 3.8) is 0 Å². The van der Waals surface area contributed by atoms with Crippen molar-refractivity contribution in [2.24, 2.45) is 10.9 Å². The summed E-state index contributed by atoms with van der Waals surface area (Å²) in [6, 6.07) is 13.4. The summed E-state index contributed by atoms with van der Waals surface area (Å²) >= 11 is 0. The minimum atomic E-state index is -3.78. The molecule has 0 aliphatic carbocycles. The number of amides is 1. The smallest absolute Gasteiger partial charge is 0.238 e. The molecule has 0 aromatic heterocycles. The quantitative estimate of drug-likeness (QED) is 0.878. The van der Waals surface area contributed by atoms with E-state index in [-0.39, 0.29) is 11.3 Å². The summed E-state index contributed by atoms with van der Waals surface area (Å²) < 4.78 is 23.1. The van der Waals surface area contributed by atoms with Crippen molar-refractivity contribution in [1.82, 2.24) is 0 Å². The molecule has 5 nitrogen and oxygen atoms in total. The van der Waals surface area contributed by atoms with Gasteiger partial charge in [0.15, 0.2) is 0 Å². The lowest BCUT2D eigenvalue weighted by Gasteiger charge is -2.08. The largest absolute Gasteiger partial charge is 0.369 e. The Bertz CT molecular complexity index is 737. The average molecular weight is 290 g/mol. The van der Waals surface area contributed by atoms with E-state index in [4.69, 9.17) is 10.9 Å². The highest BCUT2D eigenvalue weighted by Crippen LogP contribution is 2.26. The molecule has 0 aliphatic heterocycles. The Kier molecular flexibility index (Phi) is 3.87. The third kappa shape index (κ3) is 3.23. The fourth-order valence-electron chi connectivity index (χ4n) is 1.96. The first-order valence-electron chi connectivity index (χ1n) is 5.87. The SMILES string of the molecule is NC(=O)Cc1ccc(-c2ccccc2S(N)(=O)=O)cc1. The van der Waals surface area contributed by atoms with E-state index in [1.54, 1.807) is 42.5 Å². The van der Waals surface area contributed by atoms with Crippen LogP contribution in [-0.4, -0.2) is 14.3 Å². The van der Waals surface area contributed by atoms with E-state index in [0.717, 1.165) is 5.56 Å². The van der Waals surface area contributed by atoms with Gasteiger partial charge in [-0.25, -0.2) is 13.6 Å². The molecule has 0 spiro atoms. The summed E-state index contributed by atoms with van der Waals surface area (Å²) in [7, 11) is -3.78. The second-order valence-corrected chi connectivity index (χ2v) is 5.91. The maximum absolute atomic E-state index is 11.6. The standard InChI is InChI=1S/C14H14N2O3S/c15-14(17)9-10-5-7-11(8-6-10)12-3-1-2-4-13(12)20(16,18)19/h1-8H,9H2,(H2,15,17)(H2,16,18,19). The van der Waals surface area contributed by atoms with Gasteiger partial charge in [0.1, 0.15) is 0 Å². The molecule has 2 rings (SSSR count). The van der Waals surface area contributed by atoms with Gasteiger partial charge in [0.2, 0.25) is 15.9 Å². The lowest BCUT2D eigenvalue weighted by Crippen LogP contribution is -2.14. The van der Waals surface area contributed by atoms with Crippen molar-refractivity contribution in [3.05, 3.63) is 54.1 Å². The number of carbonyl (C=O) groups excluding carboxylic acids is 1. The lowest BCUT2D eigenvalue weighted by atomic mass is 10.0. The third-order valence-electron chi connectivity index (χ3n) is 2.84. The number of rotatable bonds is 4. The molecule has 0 bridgehead atoms. The Hall–Kier alpha value is -2.18. The Morgan fingerprint density at radius 2 is 1.60 bits per heavy atom. The minimum absolute atomic E-state index is 0.0719. The number of primary amides is 1. The summed E-state index contributed by atoms with van der Waals surface area (Å²) in [6.45, 7) is 0. The molecular formula is C14H14N2O3S. The number of hydrogen-bond acceptors (Lipinski definition) is 3. The zero-order valence-electron chi connectivity index (χ0n) is 10.6. The van der Waals surface area contributed by atoms with Crippen LogP contribution in [0.4, 0.5) is 0 Å². The molecule has 2 aromatic rings. The molecule has 0 saturated carbocycles. The highest BCUT2D eigenvalue weighted by molar-refractivity contribution is 7.89. The summed E-state index contributed by atoms with van der Waals surface area (Å²) in [5.41, 5.74) is 7.13. The fourth-order valence-corrected chi connectivity index (χ4v) is 2.72. The first-order chi connectivity index (χ1) is 9.38. The number of sulfonamides is 1. The Morgan fingerprint density at radius 3 is 2.15 bits per heavy atom. The molecule has 1 amide bonds. The number of hydrogen-bond donors (Lipinski definition) is 2. The van der Waals surface area contributed by atoms with Crippen LogP contribution < -0.4 is 10.9 Å². The van der Waals surface area contributed by atoms with E-state index in [2.05, 4.69) is 0 Å². The lowest BCUT2D eigenvalue weighted by molar-refractivity contribution is -0.117. The van der Waals surface area contributed by atoms with Gasteiger partial charge >= 0.3 is 0 Å². The highest BCUT2D eigenvalue weighted by atomic mass is 32.2. The van der Waals surface area contributed by atoms with E-state index in [1.807, 2.05) is 0 Å². The van der Waals surface area contributed by atoms with Gasteiger partial charge in [-0.1, -0.05) is 42.5 Å². The molecule has 20 heavy (non-hydrogen) atoms. The molecule has 2 aromatic carbocycles. The van der Waals surface area contributed by atoms with Crippen molar-refractivity contribution < 1.29 is 13.2 Å². The van der Waals surface area contributed by atoms with Crippen LogP contribution in [0.5, 0.6) is 0 Å². The molecule has 4 N–H and O–H groups in total. The van der Waals surface area contributed by atoms with Crippen molar-refractivity contribution in [2.75, 3.05) is 0 Å². The number of nitrogens with two attached hydrogens (primary N) is 2. The van der Waals surface area contributed by atoms with Crippen LogP contribution in [0.15, 0.2) is 53.4 Å². The van der Waals surface area contributed by atoms with Crippen LogP contribution in [0.1, 0.15) is 5.56 Å². The predicted octanol–water partition coefficient (Wildman–Crippen LogP) is 1.03. The van der Waals surface area contributed by atoms with Crippen molar-refractivity contribution >= 4 is 15.9 Å². The van der Waals surface area contributed by atoms with Gasteiger partial charge in [-0.15, -0.1) is 0 Å². The molecule has 0 saturated heterocycles. The van der Waals surface area contributed by atoms with Crippen molar-refractivity contribution in [2.45, 2.75) is 11.3 Å². The first-order valence-corrected chi connectivity index (χ1v) is 7.42. The molecule has 104 valence electrons. The van der Waals surface area contributed by atoms with Crippen LogP contribution in [0.2, 0.25) is 0 Å². The second kappa shape index (κ2) is 5.44. The Balaban J connectivity index is 2.45. The van der Waals surface area contributed by atoms with Crippen molar-refractivity contribution in [3.8, 4) is 11.1 Å². The summed E-state index contributed by atoms with van der Waals surface area (Å²) in [4.78, 5) is 10.9. The second-order valence-electron chi connectivity index (χ2n) is 4.38. The molecule has 0 aliphatic rings. The molecule has 0 atom stereocenters. The third-order valence-corrected chi connectivity index (χ3v) is 3.81. The van der Waals surface area contributed by atoms with Gasteiger partial charge in [-0.05, 0) is 17.2 Å². The van der Waals surface area contributed by atoms with E-state index >= 15 is 0 Å². The summed E-state index contributed by atoms with van der Waals surface area (Å²) in [6.07, 6.45) is 0.150. The van der Waals surface area contributed by atoms with Crippen LogP contribution in [0.3, 0.4) is 0 Å². The molecular weight excluding hydrogens is 276 g/mol. The highest BCUT2D eigenvalue weighted by Gasteiger charge is 2.14. The van der Waals surface area contributed by atoms with E-state index in [0.29, 0.717) is 11.1 Å². The van der Waals surface area contributed by atoms with Crippen LogP contribution in [0, 0.1) is 0 Å². The topological polar surface area (TPSA) is 103 Å². The summed E-state index contributed by atoms with van der Waals surface area (Å²) in [5, 5.41) is 5.20. The van der Waals surface area contributed by atoms with Gasteiger partial charge in [0, 0.05) is 5.56 Å². The minimum Gasteiger partial charge on any atom is -0.369 e. The van der Waals surface area contributed by atoms with Crippen LogP contribution in [-0.2, 0) is 21.2 Å². The van der Waals surface area contributed by atoms with E-state index in [1.165, 1.54) is 6.07 Å². The van der Waals surface area contributed by atoms with Crippen LogP contribution in [0.25, 0.3) is 11.1 Å². The first kappa shape index (κ1) is 14.2. The fraction of sp³-hybridized carbons (Fsp3) is 0.0714. The van der Waals surface area contributed by atoms with E-state index in [9.17, 15) is 13.2 Å². The van der Waals surface area contributed by atoms with Crippen LogP contribution >= 0.6 is 0 Å². The zero-order chi connectivity index (χ0) is 14.8. The molecule has 6 heteroatoms. The Morgan fingerprint density at radius 1 is 1.00 bits per heavy atom. The maximum atomic E-state index is 11.6. The normalized spacial score (nSPS) is 11.2. The maximum Gasteiger partial charge on any atom is 0.238 e. The van der Waals surface area contributed by atoms with Gasteiger partial charge in [0.25, 0.3) is 0 Å². The van der Waals surface area contributed by atoms with Gasteiger partial charge in [0.05, 0.1) is 11.3 Å². The van der Waals surface area contributed by atoms with E-state index < -0.39 is 15.9 Å². The number of primary sulfonamides is 1. The molecule has 0 fully saturated rings.